The number of benzene rings is 3. The van der Waals surface area contributed by atoms with E-state index in [0.29, 0.717) is 15.9 Å². The second-order valence-corrected chi connectivity index (χ2v) is 8.19. The van der Waals surface area contributed by atoms with Crippen LogP contribution in [0.15, 0.2) is 71.2 Å². The number of rotatable bonds is 5. The Kier molecular flexibility index (Phi) is 7.90. The molecule has 0 aliphatic rings. The lowest BCUT2D eigenvalue weighted by molar-refractivity contribution is -0.137. The zero-order valence-electron chi connectivity index (χ0n) is 17.5. The zero-order chi connectivity index (χ0) is 24.9. The summed E-state index contributed by atoms with van der Waals surface area (Å²) in [5.74, 6) is -0.684. The van der Waals surface area contributed by atoms with Crippen molar-refractivity contribution in [2.75, 3.05) is 17.7 Å². The van der Waals surface area contributed by atoms with Gasteiger partial charge in [-0.25, -0.2) is 0 Å². The summed E-state index contributed by atoms with van der Waals surface area (Å²) in [6, 6.07) is 15.3. The third-order valence-corrected chi connectivity index (χ3v) is 5.18. The molecule has 0 aliphatic heterocycles. The monoisotopic (exact) mass is 551 g/mol. The van der Waals surface area contributed by atoms with Crippen LogP contribution in [0.4, 0.5) is 24.5 Å². The fraction of sp³-hybridized carbons (Fsp3) is 0.0870. The minimum absolute atomic E-state index is 0.0215. The molecule has 0 heterocycles. The van der Waals surface area contributed by atoms with Gasteiger partial charge in [0.1, 0.15) is 5.75 Å². The second-order valence-electron chi connectivity index (χ2n) is 6.86. The summed E-state index contributed by atoms with van der Waals surface area (Å²) in [5, 5.41) is 7.82. The van der Waals surface area contributed by atoms with E-state index in [2.05, 4.69) is 31.9 Å². The number of alkyl halides is 3. The van der Waals surface area contributed by atoms with E-state index in [4.69, 9.17) is 17.0 Å². The summed E-state index contributed by atoms with van der Waals surface area (Å²) in [6.45, 7) is 0. The van der Waals surface area contributed by atoms with Crippen molar-refractivity contribution in [1.82, 2.24) is 5.32 Å². The maximum Gasteiger partial charge on any atom is 0.416 e. The first-order chi connectivity index (χ1) is 16.1. The molecule has 3 aromatic rings. The molecule has 3 N–H and O–H groups in total. The summed E-state index contributed by atoms with van der Waals surface area (Å²) in [5.41, 5.74) is 0.149. The molecule has 0 unspecified atom stereocenters. The summed E-state index contributed by atoms with van der Waals surface area (Å²) >= 11 is 8.47. The first kappa shape index (κ1) is 25.2. The number of thiocarbonyl (C=S) groups is 1. The van der Waals surface area contributed by atoms with Gasteiger partial charge in [0.05, 0.1) is 18.2 Å². The van der Waals surface area contributed by atoms with Crippen molar-refractivity contribution in [3.05, 3.63) is 87.9 Å². The number of nitrogens with one attached hydrogen (secondary N) is 3. The number of hydrogen-bond donors (Lipinski definition) is 3. The topological polar surface area (TPSA) is 79.5 Å². The molecule has 2 amide bonds. The summed E-state index contributed by atoms with van der Waals surface area (Å²) < 4.78 is 44.4. The molecular formula is C23H17BrF3N3O3S. The first-order valence-corrected chi connectivity index (χ1v) is 10.8. The van der Waals surface area contributed by atoms with Gasteiger partial charge in [-0.1, -0.05) is 22.0 Å². The van der Waals surface area contributed by atoms with Gasteiger partial charge in [0.15, 0.2) is 5.11 Å². The molecule has 0 bridgehead atoms. The van der Waals surface area contributed by atoms with E-state index < -0.39 is 23.6 Å². The van der Waals surface area contributed by atoms with Crippen LogP contribution in [-0.2, 0) is 6.18 Å². The number of hydrogen-bond acceptors (Lipinski definition) is 4. The number of ether oxygens (including phenoxy) is 1. The Balaban J connectivity index is 1.61. The van der Waals surface area contributed by atoms with Gasteiger partial charge < -0.3 is 15.4 Å². The molecule has 11 heteroatoms. The molecule has 3 aromatic carbocycles. The van der Waals surface area contributed by atoms with Crippen LogP contribution in [0.3, 0.4) is 0 Å². The van der Waals surface area contributed by atoms with Crippen LogP contribution in [0.25, 0.3) is 0 Å². The highest BCUT2D eigenvalue weighted by molar-refractivity contribution is 9.10. The molecule has 0 spiro atoms. The Labute approximate surface area is 206 Å². The molecule has 34 heavy (non-hydrogen) atoms. The molecule has 0 aromatic heterocycles. The van der Waals surface area contributed by atoms with Crippen molar-refractivity contribution in [1.29, 1.82) is 0 Å². The average molecular weight is 552 g/mol. The molecule has 0 saturated heterocycles. The van der Waals surface area contributed by atoms with Crippen molar-refractivity contribution in [2.24, 2.45) is 0 Å². The first-order valence-electron chi connectivity index (χ1n) is 9.61. The summed E-state index contributed by atoms with van der Waals surface area (Å²) in [6.07, 6.45) is -4.51. The predicted octanol–water partition coefficient (Wildman–Crippen LogP) is 5.86. The summed E-state index contributed by atoms with van der Waals surface area (Å²) in [7, 11) is 1.45. The van der Waals surface area contributed by atoms with Crippen LogP contribution in [0.1, 0.15) is 26.3 Å². The van der Waals surface area contributed by atoms with E-state index in [0.717, 1.165) is 12.1 Å². The van der Waals surface area contributed by atoms with Crippen LogP contribution >= 0.6 is 28.1 Å². The number of anilines is 2. The maximum absolute atomic E-state index is 12.8. The fourth-order valence-electron chi connectivity index (χ4n) is 2.87. The van der Waals surface area contributed by atoms with Gasteiger partial charge in [0.2, 0.25) is 0 Å². The minimum atomic E-state index is -4.51. The third kappa shape index (κ3) is 6.55. The van der Waals surface area contributed by atoms with Crippen LogP contribution in [0.5, 0.6) is 5.75 Å². The fourth-order valence-corrected chi connectivity index (χ4v) is 3.44. The van der Waals surface area contributed by atoms with E-state index >= 15 is 0 Å². The van der Waals surface area contributed by atoms with Gasteiger partial charge in [-0.2, -0.15) is 13.2 Å². The molecule has 0 atom stereocenters. The standard InChI is InChI=1S/C23H17BrF3N3O3S/c1-33-19-10-7-15(24)12-18(19)21(32)30-22(34)29-16-8-5-13(6-9-16)20(31)28-17-4-2-3-14(11-17)23(25,26)27/h2-12H,1H3,(H,28,31)(H2,29,30,32,34). The highest BCUT2D eigenvalue weighted by Crippen LogP contribution is 2.30. The number of carbonyl (C=O) groups is 2. The van der Waals surface area contributed by atoms with Gasteiger partial charge in [-0.15, -0.1) is 0 Å². The highest BCUT2D eigenvalue weighted by Gasteiger charge is 2.30. The van der Waals surface area contributed by atoms with Crippen LogP contribution in [-0.4, -0.2) is 24.0 Å². The molecule has 0 aliphatic carbocycles. The normalized spacial score (nSPS) is 10.9. The van der Waals surface area contributed by atoms with Gasteiger partial charge in [0.25, 0.3) is 11.8 Å². The Bertz CT molecular complexity index is 1230. The highest BCUT2D eigenvalue weighted by atomic mass is 79.9. The second kappa shape index (κ2) is 10.7. The molecule has 3 rings (SSSR count). The Hall–Kier alpha value is -3.44. The zero-order valence-corrected chi connectivity index (χ0v) is 19.9. The van der Waals surface area contributed by atoms with Crippen molar-refractivity contribution >= 4 is 56.4 Å². The van der Waals surface area contributed by atoms with Crippen molar-refractivity contribution in [3.63, 3.8) is 0 Å². The summed E-state index contributed by atoms with van der Waals surface area (Å²) in [4.78, 5) is 24.9. The lowest BCUT2D eigenvalue weighted by Gasteiger charge is -2.12. The van der Waals surface area contributed by atoms with Crippen molar-refractivity contribution in [3.8, 4) is 5.75 Å². The molecule has 0 saturated carbocycles. The quantitative estimate of drug-likeness (QED) is 0.346. The lowest BCUT2D eigenvalue weighted by atomic mass is 10.1. The van der Waals surface area contributed by atoms with E-state index in [1.165, 1.54) is 31.4 Å². The van der Waals surface area contributed by atoms with E-state index in [-0.39, 0.29) is 21.9 Å². The number of halogens is 4. The van der Waals surface area contributed by atoms with E-state index in [1.807, 2.05) is 0 Å². The molecule has 6 nitrogen and oxygen atoms in total. The van der Waals surface area contributed by atoms with E-state index in [9.17, 15) is 22.8 Å². The minimum Gasteiger partial charge on any atom is -0.496 e. The smallest absolute Gasteiger partial charge is 0.416 e. The van der Waals surface area contributed by atoms with Gasteiger partial charge in [-0.05, 0) is 72.9 Å². The van der Waals surface area contributed by atoms with Gasteiger partial charge in [0, 0.05) is 21.4 Å². The molecule has 0 radical (unpaired) electrons. The number of methoxy groups -OCH3 is 1. The Morgan fingerprint density at radius 2 is 1.62 bits per heavy atom. The van der Waals surface area contributed by atoms with Crippen LogP contribution < -0.4 is 20.7 Å². The lowest BCUT2D eigenvalue weighted by Crippen LogP contribution is -2.34. The van der Waals surface area contributed by atoms with Crippen LogP contribution in [0.2, 0.25) is 0 Å². The van der Waals surface area contributed by atoms with Crippen LogP contribution in [0, 0.1) is 0 Å². The SMILES string of the molecule is COc1ccc(Br)cc1C(=O)NC(=S)Nc1ccc(C(=O)Nc2cccc(C(F)(F)F)c2)cc1. The molecule has 176 valence electrons. The predicted molar refractivity (Wildman–Crippen MR) is 130 cm³/mol. The largest absolute Gasteiger partial charge is 0.496 e. The van der Waals surface area contributed by atoms with Crippen molar-refractivity contribution in [2.45, 2.75) is 6.18 Å². The van der Waals surface area contributed by atoms with E-state index in [1.54, 1.807) is 30.3 Å². The average Bonchev–Trinajstić information content (AvgIpc) is 2.79. The van der Waals surface area contributed by atoms with Gasteiger partial charge in [-0.3, -0.25) is 14.9 Å². The third-order valence-electron chi connectivity index (χ3n) is 4.49. The Morgan fingerprint density at radius 3 is 2.26 bits per heavy atom. The number of carbonyl (C=O) groups excluding carboxylic acids is 2. The molecular weight excluding hydrogens is 535 g/mol. The maximum atomic E-state index is 12.8. The van der Waals surface area contributed by atoms with Crippen molar-refractivity contribution < 1.29 is 27.5 Å². The number of amides is 2. The Morgan fingerprint density at radius 1 is 0.912 bits per heavy atom. The molecule has 0 fully saturated rings. The van der Waals surface area contributed by atoms with Gasteiger partial charge >= 0.3 is 6.18 Å².